The molecular formula is C15H22N2O4. The van der Waals surface area contributed by atoms with Gasteiger partial charge in [0, 0.05) is 18.7 Å². The van der Waals surface area contributed by atoms with E-state index in [9.17, 15) is 9.59 Å². The molecule has 0 saturated carbocycles. The van der Waals surface area contributed by atoms with E-state index in [1.54, 1.807) is 25.1 Å². The van der Waals surface area contributed by atoms with E-state index < -0.39 is 17.9 Å². The second-order valence-corrected chi connectivity index (χ2v) is 5.78. The molecule has 6 heteroatoms. The number of aryl methyl sites for hydroxylation is 1. The molecule has 1 atom stereocenters. The number of rotatable bonds is 6. The van der Waals surface area contributed by atoms with Gasteiger partial charge in [-0.25, -0.2) is 9.78 Å². The van der Waals surface area contributed by atoms with Gasteiger partial charge in [0.15, 0.2) is 0 Å². The highest BCUT2D eigenvalue weighted by atomic mass is 16.5. The Bertz CT molecular complexity index is 509. The van der Waals surface area contributed by atoms with Gasteiger partial charge in [-0.2, -0.15) is 0 Å². The van der Waals surface area contributed by atoms with Gasteiger partial charge < -0.3 is 15.2 Å². The molecule has 0 saturated heterocycles. The summed E-state index contributed by atoms with van der Waals surface area (Å²) in [6.45, 7) is 7.68. The standard InChI is InChI=1S/C15H22N2O4/c1-10-6-5-7-11(16-10)13(18)17-12(14(19)20)8-9-21-15(2,3)4/h5-7,12H,8-9H2,1-4H3,(H,17,18)(H,19,20). The summed E-state index contributed by atoms with van der Waals surface area (Å²) in [6, 6.07) is 4.02. The number of aliphatic carboxylic acids is 1. The van der Waals surface area contributed by atoms with E-state index in [1.807, 2.05) is 20.8 Å². The molecule has 21 heavy (non-hydrogen) atoms. The smallest absolute Gasteiger partial charge is 0.326 e. The minimum atomic E-state index is -1.09. The van der Waals surface area contributed by atoms with Crippen LogP contribution in [0.15, 0.2) is 18.2 Å². The van der Waals surface area contributed by atoms with Gasteiger partial charge in [0.25, 0.3) is 5.91 Å². The molecule has 0 spiro atoms. The zero-order chi connectivity index (χ0) is 16.0. The minimum absolute atomic E-state index is 0.199. The van der Waals surface area contributed by atoms with Gasteiger partial charge in [-0.1, -0.05) is 6.07 Å². The molecule has 0 bridgehead atoms. The summed E-state index contributed by atoms with van der Waals surface area (Å²) in [5.41, 5.74) is 0.564. The van der Waals surface area contributed by atoms with Crippen molar-refractivity contribution in [1.82, 2.24) is 10.3 Å². The second-order valence-electron chi connectivity index (χ2n) is 5.78. The van der Waals surface area contributed by atoms with E-state index in [0.29, 0.717) is 5.69 Å². The maximum atomic E-state index is 12.0. The fraction of sp³-hybridized carbons (Fsp3) is 0.533. The van der Waals surface area contributed by atoms with Crippen molar-refractivity contribution in [3.8, 4) is 0 Å². The van der Waals surface area contributed by atoms with Gasteiger partial charge in [0.1, 0.15) is 11.7 Å². The number of nitrogens with zero attached hydrogens (tertiary/aromatic N) is 1. The number of hydrogen-bond donors (Lipinski definition) is 2. The van der Waals surface area contributed by atoms with Crippen LogP contribution in [0.2, 0.25) is 0 Å². The van der Waals surface area contributed by atoms with Crippen LogP contribution in [0.3, 0.4) is 0 Å². The van der Waals surface area contributed by atoms with Gasteiger partial charge in [-0.05, 0) is 39.8 Å². The quantitative estimate of drug-likeness (QED) is 0.835. The van der Waals surface area contributed by atoms with Gasteiger partial charge in [0.2, 0.25) is 0 Å². The van der Waals surface area contributed by atoms with Crippen LogP contribution in [-0.2, 0) is 9.53 Å². The first-order chi connectivity index (χ1) is 9.69. The topological polar surface area (TPSA) is 88.5 Å². The Hall–Kier alpha value is -1.95. The van der Waals surface area contributed by atoms with Crippen LogP contribution in [0.25, 0.3) is 0 Å². The third-order valence-electron chi connectivity index (χ3n) is 2.67. The van der Waals surface area contributed by atoms with Crippen LogP contribution in [0.1, 0.15) is 43.4 Å². The summed E-state index contributed by atoms with van der Waals surface area (Å²) in [7, 11) is 0. The van der Waals surface area contributed by atoms with Crippen molar-refractivity contribution in [2.45, 2.75) is 45.8 Å². The lowest BCUT2D eigenvalue weighted by molar-refractivity contribution is -0.140. The average molecular weight is 294 g/mol. The second kappa shape index (κ2) is 7.17. The molecule has 1 amide bonds. The highest BCUT2D eigenvalue weighted by Gasteiger charge is 2.22. The van der Waals surface area contributed by atoms with Crippen molar-refractivity contribution in [2.24, 2.45) is 0 Å². The Morgan fingerprint density at radius 1 is 1.38 bits per heavy atom. The molecule has 1 aromatic heterocycles. The fourth-order valence-electron chi connectivity index (χ4n) is 1.64. The van der Waals surface area contributed by atoms with E-state index in [2.05, 4.69) is 10.3 Å². The van der Waals surface area contributed by atoms with Crippen LogP contribution < -0.4 is 5.32 Å². The molecule has 0 fully saturated rings. The molecule has 0 aliphatic rings. The van der Waals surface area contributed by atoms with Gasteiger partial charge in [0.05, 0.1) is 5.60 Å². The molecule has 0 aliphatic heterocycles. The lowest BCUT2D eigenvalue weighted by atomic mass is 10.1. The van der Waals surface area contributed by atoms with Crippen molar-refractivity contribution in [3.63, 3.8) is 0 Å². The van der Waals surface area contributed by atoms with E-state index in [0.717, 1.165) is 0 Å². The normalized spacial score (nSPS) is 12.8. The molecule has 0 radical (unpaired) electrons. The maximum Gasteiger partial charge on any atom is 0.326 e. The molecule has 1 unspecified atom stereocenters. The van der Waals surface area contributed by atoms with Crippen molar-refractivity contribution in [1.29, 1.82) is 0 Å². The Kier molecular flexibility index (Phi) is 5.84. The Morgan fingerprint density at radius 3 is 2.57 bits per heavy atom. The summed E-state index contributed by atoms with van der Waals surface area (Å²) in [4.78, 5) is 27.3. The molecule has 0 aliphatic carbocycles. The molecule has 0 aromatic carbocycles. The SMILES string of the molecule is Cc1cccc(C(=O)NC(CCOC(C)(C)C)C(=O)O)n1. The Morgan fingerprint density at radius 2 is 2.05 bits per heavy atom. The zero-order valence-corrected chi connectivity index (χ0v) is 12.8. The zero-order valence-electron chi connectivity index (χ0n) is 12.8. The number of ether oxygens (including phenoxy) is 1. The van der Waals surface area contributed by atoms with E-state index in [-0.39, 0.29) is 24.3 Å². The molecule has 116 valence electrons. The number of carbonyl (C=O) groups is 2. The number of carbonyl (C=O) groups excluding carboxylic acids is 1. The van der Waals surface area contributed by atoms with Crippen molar-refractivity contribution in [3.05, 3.63) is 29.6 Å². The van der Waals surface area contributed by atoms with Crippen molar-refractivity contribution in [2.75, 3.05) is 6.61 Å². The summed E-state index contributed by atoms with van der Waals surface area (Å²) >= 11 is 0. The van der Waals surface area contributed by atoms with E-state index >= 15 is 0 Å². The van der Waals surface area contributed by atoms with Gasteiger partial charge in [-0.15, -0.1) is 0 Å². The third kappa shape index (κ3) is 6.35. The summed E-state index contributed by atoms with van der Waals surface area (Å²) < 4.78 is 5.49. The predicted octanol–water partition coefficient (Wildman–Crippen LogP) is 1.78. The highest BCUT2D eigenvalue weighted by molar-refractivity contribution is 5.94. The predicted molar refractivity (Wildman–Crippen MR) is 78.2 cm³/mol. The molecule has 6 nitrogen and oxygen atoms in total. The maximum absolute atomic E-state index is 12.0. The molecular weight excluding hydrogens is 272 g/mol. The first-order valence-corrected chi connectivity index (χ1v) is 6.80. The van der Waals surface area contributed by atoms with Crippen LogP contribution in [0, 0.1) is 6.92 Å². The van der Waals surface area contributed by atoms with E-state index in [4.69, 9.17) is 9.84 Å². The van der Waals surface area contributed by atoms with Crippen LogP contribution in [0.5, 0.6) is 0 Å². The van der Waals surface area contributed by atoms with Crippen LogP contribution in [-0.4, -0.2) is 40.2 Å². The lowest BCUT2D eigenvalue weighted by Gasteiger charge is -2.21. The number of aromatic nitrogens is 1. The minimum Gasteiger partial charge on any atom is -0.480 e. The number of pyridine rings is 1. The average Bonchev–Trinajstić information content (AvgIpc) is 2.35. The Labute approximate surface area is 124 Å². The lowest BCUT2D eigenvalue weighted by Crippen LogP contribution is -2.42. The number of carboxylic acid groups (broad SMARTS) is 1. The number of amides is 1. The largest absolute Gasteiger partial charge is 0.480 e. The molecule has 1 rings (SSSR count). The highest BCUT2D eigenvalue weighted by Crippen LogP contribution is 2.08. The molecule has 2 N–H and O–H groups in total. The Balaban J connectivity index is 2.62. The third-order valence-corrected chi connectivity index (χ3v) is 2.67. The summed E-state index contributed by atoms with van der Waals surface area (Å²) in [5, 5.41) is 11.6. The summed E-state index contributed by atoms with van der Waals surface area (Å²) in [6.07, 6.45) is 0.199. The van der Waals surface area contributed by atoms with Crippen molar-refractivity contribution < 1.29 is 19.4 Å². The van der Waals surface area contributed by atoms with E-state index in [1.165, 1.54) is 0 Å². The molecule has 1 heterocycles. The molecule has 1 aromatic rings. The van der Waals surface area contributed by atoms with Crippen molar-refractivity contribution >= 4 is 11.9 Å². The summed E-state index contributed by atoms with van der Waals surface area (Å²) in [5.74, 6) is -1.59. The van der Waals surface area contributed by atoms with Gasteiger partial charge >= 0.3 is 5.97 Å². The number of hydrogen-bond acceptors (Lipinski definition) is 4. The first kappa shape index (κ1) is 17.1. The fourth-order valence-corrected chi connectivity index (χ4v) is 1.64. The number of carboxylic acids is 1. The van der Waals surface area contributed by atoms with Crippen LogP contribution >= 0.6 is 0 Å². The number of nitrogens with one attached hydrogen (secondary N) is 1. The van der Waals surface area contributed by atoms with Gasteiger partial charge in [-0.3, -0.25) is 4.79 Å². The monoisotopic (exact) mass is 294 g/mol. The van der Waals surface area contributed by atoms with Crippen LogP contribution in [0.4, 0.5) is 0 Å². The first-order valence-electron chi connectivity index (χ1n) is 6.80.